The van der Waals surface area contributed by atoms with E-state index in [4.69, 9.17) is 14.2 Å². The maximum absolute atomic E-state index is 14.8. The first-order valence-electron chi connectivity index (χ1n) is 13.1. The summed E-state index contributed by atoms with van der Waals surface area (Å²) in [6, 6.07) is 3.01. The van der Waals surface area contributed by atoms with E-state index in [9.17, 15) is 35.5 Å². The molecule has 1 amide bonds. The van der Waals surface area contributed by atoms with Gasteiger partial charge in [-0.2, -0.15) is 31.3 Å². The number of fused-ring (bicyclic) bond motifs is 2. The molecule has 0 spiro atoms. The number of hydrogen-bond acceptors (Lipinski definition) is 8. The Morgan fingerprint density at radius 2 is 1.76 bits per heavy atom. The van der Waals surface area contributed by atoms with Gasteiger partial charge in [-0.25, -0.2) is 14.2 Å². The Kier molecular flexibility index (Phi) is 8.27. The van der Waals surface area contributed by atoms with Crippen LogP contribution in [-0.2, 0) is 15.9 Å². The van der Waals surface area contributed by atoms with Crippen molar-refractivity contribution in [2.45, 2.75) is 68.7 Å². The highest BCUT2D eigenvalue weighted by Crippen LogP contribution is 2.40. The summed E-state index contributed by atoms with van der Waals surface area (Å²) in [6.07, 6.45) is -14.1. The number of morpholine rings is 1. The minimum atomic E-state index is -5.84. The van der Waals surface area contributed by atoms with E-state index in [0.717, 1.165) is 36.1 Å². The van der Waals surface area contributed by atoms with E-state index in [2.05, 4.69) is 20.0 Å². The predicted octanol–water partition coefficient (Wildman–Crippen LogP) is 5.56. The number of halogens is 7. The SMILES string of the molecule is COc1c(Nc2ccc(CC3CC3)cc2F)ncnc1OC1CC2COCC(C1)N2C(=O)OC(C(F)(F)F)C(F)(F)F. The van der Waals surface area contributed by atoms with Gasteiger partial charge in [-0.15, -0.1) is 0 Å². The Hall–Kier alpha value is -3.56. The van der Waals surface area contributed by atoms with Crippen molar-refractivity contribution in [1.29, 1.82) is 0 Å². The first-order valence-corrected chi connectivity index (χ1v) is 13.1. The summed E-state index contributed by atoms with van der Waals surface area (Å²) in [5.74, 6) is 0.216. The molecule has 2 aliphatic heterocycles. The van der Waals surface area contributed by atoms with Gasteiger partial charge in [0.1, 0.15) is 18.2 Å². The second kappa shape index (κ2) is 11.6. The number of piperidine rings is 1. The minimum Gasteiger partial charge on any atom is -0.489 e. The molecule has 2 atom stereocenters. The monoisotopic (exact) mass is 608 g/mol. The Morgan fingerprint density at radius 3 is 2.33 bits per heavy atom. The second-order valence-electron chi connectivity index (χ2n) is 10.5. The molecule has 1 saturated carbocycles. The molecule has 2 unspecified atom stereocenters. The number of ether oxygens (including phenoxy) is 4. The number of hydrogen-bond donors (Lipinski definition) is 1. The largest absolute Gasteiger partial charge is 0.489 e. The normalized spacial score (nSPS) is 22.6. The first kappa shape index (κ1) is 29.9. The van der Waals surface area contributed by atoms with Gasteiger partial charge < -0.3 is 24.3 Å². The lowest BCUT2D eigenvalue weighted by Gasteiger charge is -2.47. The summed E-state index contributed by atoms with van der Waals surface area (Å²) < 4.78 is 113. The summed E-state index contributed by atoms with van der Waals surface area (Å²) in [7, 11) is 1.32. The highest BCUT2D eigenvalue weighted by atomic mass is 19.4. The number of rotatable bonds is 8. The molecular formula is C26H27F7N4O5. The van der Waals surface area contributed by atoms with Gasteiger partial charge in [-0.3, -0.25) is 4.90 Å². The molecule has 1 aliphatic carbocycles. The second-order valence-corrected chi connectivity index (χ2v) is 10.5. The van der Waals surface area contributed by atoms with Gasteiger partial charge in [0.2, 0.25) is 5.75 Å². The molecular weight excluding hydrogens is 581 g/mol. The highest BCUT2D eigenvalue weighted by Gasteiger charge is 2.61. The molecule has 3 heterocycles. The van der Waals surface area contributed by atoms with Crippen LogP contribution in [0.15, 0.2) is 24.5 Å². The summed E-state index contributed by atoms with van der Waals surface area (Å²) in [5, 5.41) is 2.87. The van der Waals surface area contributed by atoms with Gasteiger partial charge in [0.05, 0.1) is 38.1 Å². The smallest absolute Gasteiger partial charge is 0.434 e. The molecule has 3 aliphatic rings. The zero-order chi connectivity index (χ0) is 30.2. The average molecular weight is 609 g/mol. The number of methoxy groups -OCH3 is 1. The number of amides is 1. The number of carbonyl (C=O) groups excluding carboxylic acids is 1. The molecule has 9 nitrogen and oxygen atoms in total. The number of carbonyl (C=O) groups is 1. The summed E-state index contributed by atoms with van der Waals surface area (Å²) in [5.41, 5.74) is 1.03. The maximum Gasteiger partial charge on any atom is 0.434 e. The lowest BCUT2D eigenvalue weighted by atomic mass is 9.92. The molecule has 2 bridgehead atoms. The average Bonchev–Trinajstić information content (AvgIpc) is 3.71. The highest BCUT2D eigenvalue weighted by molar-refractivity contribution is 5.69. The van der Waals surface area contributed by atoms with Gasteiger partial charge in [-0.05, 0) is 42.9 Å². The standard InChI is InChI=1S/C26H27F7N4O5/c1-39-20-21(36-19-5-4-14(7-18(19)27)6-13-2-3-13)34-12-35-22(20)41-17-8-15-10-40-11-16(9-17)37(15)24(38)42-23(25(28,29)30)26(31,32)33/h4-5,7,12-13,15-17,23H,2-3,6,8-11H2,1H3,(H,34,35,36). The third kappa shape index (κ3) is 6.73. The van der Waals surface area contributed by atoms with Gasteiger partial charge in [0.25, 0.3) is 12.0 Å². The molecule has 3 fully saturated rings. The number of nitrogens with zero attached hydrogens (tertiary/aromatic N) is 3. The van der Waals surface area contributed by atoms with Crippen LogP contribution >= 0.6 is 0 Å². The van der Waals surface area contributed by atoms with Crippen LogP contribution in [0.5, 0.6) is 11.6 Å². The zero-order valence-corrected chi connectivity index (χ0v) is 22.2. The van der Waals surface area contributed by atoms with Crippen LogP contribution in [0.3, 0.4) is 0 Å². The van der Waals surface area contributed by atoms with Gasteiger partial charge >= 0.3 is 18.4 Å². The van der Waals surface area contributed by atoms with E-state index in [1.54, 1.807) is 6.07 Å². The molecule has 2 saturated heterocycles. The summed E-state index contributed by atoms with van der Waals surface area (Å²) >= 11 is 0. The number of nitrogens with one attached hydrogen (secondary N) is 1. The fraction of sp³-hybridized carbons (Fsp3) is 0.577. The lowest BCUT2D eigenvalue weighted by Crippen LogP contribution is -2.62. The number of benzene rings is 1. The Morgan fingerprint density at radius 1 is 1.10 bits per heavy atom. The van der Waals surface area contributed by atoms with Gasteiger partial charge in [0, 0.05) is 12.8 Å². The Bertz CT molecular complexity index is 1260. The van der Waals surface area contributed by atoms with Crippen molar-refractivity contribution >= 4 is 17.6 Å². The third-order valence-electron chi connectivity index (χ3n) is 7.26. The quantitative estimate of drug-likeness (QED) is 0.390. The van der Waals surface area contributed by atoms with Crippen LogP contribution in [0.25, 0.3) is 0 Å². The van der Waals surface area contributed by atoms with E-state index >= 15 is 0 Å². The van der Waals surface area contributed by atoms with Crippen molar-refractivity contribution in [1.82, 2.24) is 14.9 Å². The summed E-state index contributed by atoms with van der Waals surface area (Å²) in [6.45, 7) is -0.310. The molecule has 0 radical (unpaired) electrons. The Balaban J connectivity index is 1.28. The van der Waals surface area contributed by atoms with E-state index < -0.39 is 48.6 Å². The molecule has 1 aromatic heterocycles. The molecule has 2 aromatic rings. The van der Waals surface area contributed by atoms with Crippen molar-refractivity contribution in [2.75, 3.05) is 25.6 Å². The van der Waals surface area contributed by atoms with Crippen molar-refractivity contribution < 1.29 is 54.5 Å². The Labute approximate surface area is 235 Å². The number of aromatic nitrogens is 2. The molecule has 42 heavy (non-hydrogen) atoms. The molecule has 1 aromatic carbocycles. The predicted molar refractivity (Wildman–Crippen MR) is 131 cm³/mol. The molecule has 5 rings (SSSR count). The van der Waals surface area contributed by atoms with Crippen LogP contribution in [0.4, 0.5) is 47.0 Å². The van der Waals surface area contributed by atoms with E-state index in [0.29, 0.717) is 5.92 Å². The summed E-state index contributed by atoms with van der Waals surface area (Å²) in [4.78, 5) is 21.6. The van der Waals surface area contributed by atoms with Crippen LogP contribution in [-0.4, -0.2) is 77.9 Å². The van der Waals surface area contributed by atoms with Crippen LogP contribution in [0.2, 0.25) is 0 Å². The fourth-order valence-electron chi connectivity index (χ4n) is 5.18. The van der Waals surface area contributed by atoms with Crippen LogP contribution < -0.4 is 14.8 Å². The first-order chi connectivity index (χ1) is 19.8. The van der Waals surface area contributed by atoms with Crippen LogP contribution in [0, 0.1) is 11.7 Å². The molecule has 230 valence electrons. The van der Waals surface area contributed by atoms with Gasteiger partial charge in [0.15, 0.2) is 5.82 Å². The van der Waals surface area contributed by atoms with Crippen molar-refractivity contribution in [2.24, 2.45) is 5.92 Å². The van der Waals surface area contributed by atoms with E-state index in [-0.39, 0.29) is 49.2 Å². The minimum absolute atomic E-state index is 0.0126. The topological polar surface area (TPSA) is 95.0 Å². The zero-order valence-electron chi connectivity index (χ0n) is 22.2. The number of alkyl halides is 6. The maximum atomic E-state index is 14.8. The van der Waals surface area contributed by atoms with Crippen LogP contribution in [0.1, 0.15) is 31.2 Å². The van der Waals surface area contributed by atoms with Crippen molar-refractivity contribution in [3.63, 3.8) is 0 Å². The fourth-order valence-corrected chi connectivity index (χ4v) is 5.18. The molecule has 16 heteroatoms. The number of anilines is 2. The third-order valence-corrected chi connectivity index (χ3v) is 7.26. The van der Waals surface area contributed by atoms with E-state index in [1.165, 1.54) is 13.2 Å². The van der Waals surface area contributed by atoms with Crippen molar-refractivity contribution in [3.05, 3.63) is 35.9 Å². The lowest BCUT2D eigenvalue weighted by molar-refractivity contribution is -0.309. The van der Waals surface area contributed by atoms with Crippen molar-refractivity contribution in [3.8, 4) is 11.6 Å². The molecule has 1 N–H and O–H groups in total. The van der Waals surface area contributed by atoms with E-state index in [1.807, 2.05) is 6.07 Å². The van der Waals surface area contributed by atoms with Gasteiger partial charge in [-0.1, -0.05) is 6.07 Å².